The zero-order valence-corrected chi connectivity index (χ0v) is 12.7. The number of carbonyl (C=O) groups is 1. The first-order valence-electron chi connectivity index (χ1n) is 7.52. The molecule has 1 fully saturated rings. The van der Waals surface area contributed by atoms with Crippen molar-refractivity contribution in [2.24, 2.45) is 11.8 Å². The van der Waals surface area contributed by atoms with E-state index in [1.807, 2.05) is 12.1 Å². The van der Waals surface area contributed by atoms with E-state index in [0.29, 0.717) is 11.7 Å². The zero-order chi connectivity index (χ0) is 14.0. The summed E-state index contributed by atoms with van der Waals surface area (Å²) in [5.74, 6) is 1.31. The van der Waals surface area contributed by atoms with Gasteiger partial charge in [0.05, 0.1) is 0 Å². The third-order valence-electron chi connectivity index (χ3n) is 4.34. The lowest BCUT2D eigenvalue weighted by molar-refractivity contribution is 0.0868. The van der Waals surface area contributed by atoms with Crippen LogP contribution in [0.5, 0.6) is 0 Å². The van der Waals surface area contributed by atoms with Crippen molar-refractivity contribution in [1.82, 2.24) is 0 Å². The summed E-state index contributed by atoms with van der Waals surface area (Å²) in [4.78, 5) is 12.5. The molecule has 2 atom stereocenters. The first-order valence-corrected chi connectivity index (χ1v) is 7.52. The van der Waals surface area contributed by atoms with Gasteiger partial charge in [-0.1, -0.05) is 64.8 Å². The molecule has 0 heterocycles. The fourth-order valence-electron chi connectivity index (χ4n) is 3.04. The molecule has 2 unspecified atom stereocenters. The Morgan fingerprint density at radius 1 is 1.11 bits per heavy atom. The lowest BCUT2D eigenvalue weighted by Gasteiger charge is -2.26. The second kappa shape index (κ2) is 5.48. The molecule has 19 heavy (non-hydrogen) atoms. The van der Waals surface area contributed by atoms with E-state index in [4.69, 9.17) is 0 Å². The molecular formula is C18H26O. The topological polar surface area (TPSA) is 17.1 Å². The van der Waals surface area contributed by atoms with Crippen molar-refractivity contribution in [1.29, 1.82) is 0 Å². The summed E-state index contributed by atoms with van der Waals surface area (Å²) < 4.78 is 0. The minimum absolute atomic E-state index is 0.154. The quantitative estimate of drug-likeness (QED) is 0.683. The predicted molar refractivity (Wildman–Crippen MR) is 80.6 cm³/mol. The Morgan fingerprint density at radius 2 is 1.74 bits per heavy atom. The highest BCUT2D eigenvalue weighted by atomic mass is 16.1. The van der Waals surface area contributed by atoms with E-state index in [-0.39, 0.29) is 11.3 Å². The Balaban J connectivity index is 2.11. The van der Waals surface area contributed by atoms with Crippen LogP contribution in [0, 0.1) is 11.8 Å². The van der Waals surface area contributed by atoms with Crippen molar-refractivity contribution in [3.8, 4) is 0 Å². The Kier molecular flexibility index (Phi) is 4.13. The number of hydrogen-bond acceptors (Lipinski definition) is 1. The minimum Gasteiger partial charge on any atom is -0.294 e. The summed E-state index contributed by atoms with van der Waals surface area (Å²) in [5, 5.41) is 0. The van der Waals surface area contributed by atoms with Crippen LogP contribution in [0.15, 0.2) is 24.3 Å². The monoisotopic (exact) mass is 258 g/mol. The van der Waals surface area contributed by atoms with Crippen LogP contribution in [-0.4, -0.2) is 5.78 Å². The Hall–Kier alpha value is -1.11. The normalized spacial score (nSPS) is 24.2. The zero-order valence-electron chi connectivity index (χ0n) is 12.7. The van der Waals surface area contributed by atoms with Crippen molar-refractivity contribution in [3.63, 3.8) is 0 Å². The van der Waals surface area contributed by atoms with Gasteiger partial charge in [0.1, 0.15) is 0 Å². The maximum atomic E-state index is 12.5. The molecule has 1 aromatic rings. The standard InChI is InChI=1S/C18H26O/c1-13-6-5-7-15(12-13)17(19)14-8-10-16(11-9-14)18(2,3)4/h8-11,13,15H,5-7,12H2,1-4H3. The second-order valence-corrected chi connectivity index (χ2v) is 7.16. The number of carbonyl (C=O) groups excluding carboxylic acids is 1. The molecule has 0 spiro atoms. The van der Waals surface area contributed by atoms with Gasteiger partial charge in [-0.3, -0.25) is 4.79 Å². The summed E-state index contributed by atoms with van der Waals surface area (Å²) in [5.41, 5.74) is 2.34. The van der Waals surface area contributed by atoms with E-state index in [2.05, 4.69) is 39.8 Å². The lowest BCUT2D eigenvalue weighted by atomic mass is 9.78. The van der Waals surface area contributed by atoms with Crippen molar-refractivity contribution in [3.05, 3.63) is 35.4 Å². The highest BCUT2D eigenvalue weighted by molar-refractivity contribution is 5.97. The van der Waals surface area contributed by atoms with Crippen molar-refractivity contribution < 1.29 is 4.79 Å². The molecule has 0 amide bonds. The van der Waals surface area contributed by atoms with E-state index >= 15 is 0 Å². The van der Waals surface area contributed by atoms with Crippen molar-refractivity contribution in [2.45, 2.75) is 58.8 Å². The van der Waals surface area contributed by atoms with Gasteiger partial charge in [0.2, 0.25) is 0 Å². The van der Waals surface area contributed by atoms with Crippen LogP contribution in [-0.2, 0) is 5.41 Å². The summed E-state index contributed by atoms with van der Waals surface area (Å²) in [6.45, 7) is 8.87. The molecule has 1 heteroatoms. The average molecular weight is 258 g/mol. The SMILES string of the molecule is CC1CCCC(C(=O)c2ccc(C(C)(C)C)cc2)C1. The number of hydrogen-bond donors (Lipinski definition) is 0. The highest BCUT2D eigenvalue weighted by Crippen LogP contribution is 2.31. The van der Waals surface area contributed by atoms with E-state index < -0.39 is 0 Å². The molecule has 0 aromatic heterocycles. The van der Waals surface area contributed by atoms with E-state index in [1.165, 1.54) is 18.4 Å². The minimum atomic E-state index is 0.154. The summed E-state index contributed by atoms with van der Waals surface area (Å²) >= 11 is 0. The van der Waals surface area contributed by atoms with Gasteiger partial charge >= 0.3 is 0 Å². The fourth-order valence-corrected chi connectivity index (χ4v) is 3.04. The third-order valence-corrected chi connectivity index (χ3v) is 4.34. The number of benzene rings is 1. The molecule has 0 bridgehead atoms. The van der Waals surface area contributed by atoms with Crippen LogP contribution in [0.3, 0.4) is 0 Å². The summed E-state index contributed by atoms with van der Waals surface area (Å²) in [6, 6.07) is 8.25. The fraction of sp³-hybridized carbons (Fsp3) is 0.611. The van der Waals surface area contributed by atoms with Crippen molar-refractivity contribution >= 4 is 5.78 Å². The predicted octanol–water partition coefficient (Wildman–Crippen LogP) is 4.99. The first kappa shape index (κ1) is 14.3. The molecule has 0 N–H and O–H groups in total. The largest absolute Gasteiger partial charge is 0.294 e. The molecule has 0 saturated heterocycles. The van der Waals surface area contributed by atoms with E-state index in [1.54, 1.807) is 0 Å². The summed E-state index contributed by atoms with van der Waals surface area (Å²) in [6.07, 6.45) is 4.63. The molecule has 0 radical (unpaired) electrons. The smallest absolute Gasteiger partial charge is 0.165 e. The van der Waals surface area contributed by atoms with Crippen LogP contribution in [0.2, 0.25) is 0 Å². The van der Waals surface area contributed by atoms with Crippen molar-refractivity contribution in [2.75, 3.05) is 0 Å². The van der Waals surface area contributed by atoms with Gasteiger partial charge in [0.25, 0.3) is 0 Å². The third kappa shape index (κ3) is 3.46. The van der Waals surface area contributed by atoms with Crippen LogP contribution in [0.25, 0.3) is 0 Å². The van der Waals surface area contributed by atoms with Gasteiger partial charge in [-0.2, -0.15) is 0 Å². The van der Waals surface area contributed by atoms with Gasteiger partial charge in [-0.15, -0.1) is 0 Å². The Bertz CT molecular complexity index is 436. The highest BCUT2D eigenvalue weighted by Gasteiger charge is 2.26. The molecular weight excluding hydrogens is 232 g/mol. The number of Topliss-reactive ketones (excluding diaryl/α,β-unsaturated/α-hetero) is 1. The average Bonchev–Trinajstić information content (AvgIpc) is 2.37. The molecule has 1 aliphatic rings. The van der Waals surface area contributed by atoms with Gasteiger partial charge in [0, 0.05) is 11.5 Å². The molecule has 0 aliphatic heterocycles. The molecule has 2 rings (SSSR count). The van der Waals surface area contributed by atoms with Gasteiger partial charge < -0.3 is 0 Å². The van der Waals surface area contributed by atoms with Crippen LogP contribution in [0.1, 0.15) is 69.3 Å². The molecule has 1 aliphatic carbocycles. The van der Waals surface area contributed by atoms with Gasteiger partial charge in [0.15, 0.2) is 5.78 Å². The Labute approximate surface area is 117 Å². The molecule has 1 nitrogen and oxygen atoms in total. The Morgan fingerprint density at radius 3 is 2.26 bits per heavy atom. The van der Waals surface area contributed by atoms with Gasteiger partial charge in [-0.25, -0.2) is 0 Å². The van der Waals surface area contributed by atoms with Crippen LogP contribution < -0.4 is 0 Å². The first-order chi connectivity index (χ1) is 8.88. The number of ketones is 1. The van der Waals surface area contributed by atoms with Crippen LogP contribution in [0.4, 0.5) is 0 Å². The van der Waals surface area contributed by atoms with E-state index in [0.717, 1.165) is 18.4 Å². The summed E-state index contributed by atoms with van der Waals surface area (Å²) in [7, 11) is 0. The maximum absolute atomic E-state index is 12.5. The van der Waals surface area contributed by atoms with Crippen LogP contribution >= 0.6 is 0 Å². The lowest BCUT2D eigenvalue weighted by Crippen LogP contribution is -2.22. The molecule has 1 aromatic carbocycles. The molecule has 104 valence electrons. The van der Waals surface area contributed by atoms with E-state index in [9.17, 15) is 4.79 Å². The second-order valence-electron chi connectivity index (χ2n) is 7.16. The number of rotatable bonds is 2. The maximum Gasteiger partial charge on any atom is 0.165 e. The molecule has 1 saturated carbocycles. The van der Waals surface area contributed by atoms with Gasteiger partial charge in [-0.05, 0) is 29.7 Å².